The number of halogens is 3. The summed E-state index contributed by atoms with van der Waals surface area (Å²) in [5.41, 5.74) is 4.76. The van der Waals surface area contributed by atoms with Crippen molar-refractivity contribution in [1.29, 1.82) is 0 Å². The summed E-state index contributed by atoms with van der Waals surface area (Å²) in [5, 5.41) is 11.5. The van der Waals surface area contributed by atoms with Gasteiger partial charge in [0.2, 0.25) is 0 Å². The summed E-state index contributed by atoms with van der Waals surface area (Å²) in [6.45, 7) is 3.94. The average Bonchev–Trinajstić information content (AvgIpc) is 2.97. The van der Waals surface area contributed by atoms with E-state index in [1.54, 1.807) is 10.9 Å². The molecule has 0 atom stereocenters. The maximum Gasteiger partial charge on any atom is 0.276 e. The quantitative estimate of drug-likeness (QED) is 0.657. The van der Waals surface area contributed by atoms with Crippen LogP contribution in [0.4, 0.5) is 5.69 Å². The Balaban J connectivity index is 1.96. The highest BCUT2D eigenvalue weighted by Gasteiger charge is 2.31. The first-order valence-corrected chi connectivity index (χ1v) is 8.76. The molecule has 0 fully saturated rings. The van der Waals surface area contributed by atoms with E-state index in [0.29, 0.717) is 16.7 Å². The molecule has 5 nitrogen and oxygen atoms in total. The van der Waals surface area contributed by atoms with Crippen LogP contribution in [0.3, 0.4) is 0 Å². The van der Waals surface area contributed by atoms with Crippen molar-refractivity contribution >= 4 is 57.4 Å². The van der Waals surface area contributed by atoms with Crippen LogP contribution in [0.1, 0.15) is 18.1 Å². The fourth-order valence-electron chi connectivity index (χ4n) is 2.38. The van der Waals surface area contributed by atoms with E-state index in [9.17, 15) is 4.79 Å². The van der Waals surface area contributed by atoms with Crippen molar-refractivity contribution in [2.24, 2.45) is 0 Å². The van der Waals surface area contributed by atoms with Gasteiger partial charge in [0.25, 0.3) is 9.70 Å². The molecule has 0 radical (unpaired) electrons. The van der Waals surface area contributed by atoms with E-state index in [0.717, 1.165) is 17.7 Å². The number of carbonyl (C=O) groups is 1. The molecule has 0 bridgehead atoms. The molecule has 0 saturated heterocycles. The highest BCUT2D eigenvalue weighted by molar-refractivity contribution is 6.76. The fourth-order valence-corrected chi connectivity index (χ4v) is 2.52. The molecule has 0 unspecified atom stereocenters. The number of aryl methyl sites for hydroxylation is 2. The Hall–Kier alpha value is -1.82. The van der Waals surface area contributed by atoms with Gasteiger partial charge in [-0.05, 0) is 48.7 Å². The van der Waals surface area contributed by atoms with E-state index in [1.165, 1.54) is 5.56 Å². The van der Waals surface area contributed by atoms with Crippen LogP contribution in [0, 0.1) is 6.92 Å². The maximum atomic E-state index is 11.9. The smallest absolute Gasteiger partial charge is 0.276 e. The molecular formula is C17H15Cl3N4O. The zero-order chi connectivity index (χ0) is 18.2. The summed E-state index contributed by atoms with van der Waals surface area (Å²) in [6.07, 6.45) is 0.972. The van der Waals surface area contributed by atoms with Crippen LogP contribution >= 0.6 is 34.8 Å². The van der Waals surface area contributed by atoms with E-state index in [-0.39, 0.29) is 0 Å². The summed E-state index contributed by atoms with van der Waals surface area (Å²) in [4.78, 5) is 13.4. The lowest BCUT2D eigenvalue weighted by Crippen LogP contribution is -2.27. The number of nitrogens with one attached hydrogen (secondary N) is 1. The first-order valence-electron chi connectivity index (χ1n) is 7.63. The van der Waals surface area contributed by atoms with Gasteiger partial charge >= 0.3 is 0 Å². The first kappa shape index (κ1) is 18.0. The molecule has 2 aromatic carbocycles. The summed E-state index contributed by atoms with van der Waals surface area (Å²) in [7, 11) is 0. The second-order valence-electron chi connectivity index (χ2n) is 5.62. The Kier molecular flexibility index (Phi) is 4.91. The van der Waals surface area contributed by atoms with Gasteiger partial charge in [-0.1, -0.05) is 53.9 Å². The standard InChI is InChI=1S/C17H15Cl3N4O/c1-3-11-4-6-12(7-5-11)24-22-14-8-10(2)13(9-15(14)23-24)21-16(25)17(18,19)20/h4-9H,3H2,1-2H3,(H,21,25). The molecule has 130 valence electrons. The Bertz CT molecular complexity index is 929. The van der Waals surface area contributed by atoms with Gasteiger partial charge < -0.3 is 5.32 Å². The Labute approximate surface area is 159 Å². The SMILES string of the molecule is CCc1ccc(-n2nc3cc(C)c(NC(=O)C(Cl)(Cl)Cl)cc3n2)cc1. The zero-order valence-electron chi connectivity index (χ0n) is 13.6. The minimum Gasteiger partial charge on any atom is -0.322 e. The first-order chi connectivity index (χ1) is 11.8. The molecule has 0 saturated carbocycles. The second kappa shape index (κ2) is 6.83. The molecule has 0 aliphatic heterocycles. The van der Waals surface area contributed by atoms with E-state index in [2.05, 4.69) is 22.4 Å². The van der Waals surface area contributed by atoms with Crippen LogP contribution in [0.2, 0.25) is 0 Å². The van der Waals surface area contributed by atoms with E-state index in [1.807, 2.05) is 37.3 Å². The van der Waals surface area contributed by atoms with Gasteiger partial charge in [0, 0.05) is 5.69 Å². The van der Waals surface area contributed by atoms with Crippen molar-refractivity contribution in [3.63, 3.8) is 0 Å². The van der Waals surface area contributed by atoms with Crippen molar-refractivity contribution < 1.29 is 4.79 Å². The zero-order valence-corrected chi connectivity index (χ0v) is 15.8. The third-order valence-corrected chi connectivity index (χ3v) is 4.32. The Morgan fingerprint density at radius 2 is 1.72 bits per heavy atom. The lowest BCUT2D eigenvalue weighted by Gasteiger charge is -2.12. The van der Waals surface area contributed by atoms with E-state index in [4.69, 9.17) is 34.8 Å². The molecule has 3 rings (SSSR count). The number of carbonyl (C=O) groups excluding carboxylic acids is 1. The summed E-state index contributed by atoms with van der Waals surface area (Å²) in [6, 6.07) is 11.6. The van der Waals surface area contributed by atoms with E-state index >= 15 is 0 Å². The van der Waals surface area contributed by atoms with Gasteiger partial charge in [-0.3, -0.25) is 4.79 Å². The topological polar surface area (TPSA) is 59.8 Å². The second-order valence-corrected chi connectivity index (χ2v) is 7.90. The van der Waals surface area contributed by atoms with Crippen LogP contribution in [-0.4, -0.2) is 24.7 Å². The number of anilines is 1. The number of rotatable bonds is 3. The number of nitrogens with zero attached hydrogens (tertiary/aromatic N) is 3. The van der Waals surface area contributed by atoms with Crippen molar-refractivity contribution in [3.8, 4) is 5.69 Å². The van der Waals surface area contributed by atoms with Gasteiger partial charge in [-0.25, -0.2) is 0 Å². The number of alkyl halides is 3. The fraction of sp³-hybridized carbons (Fsp3) is 0.235. The average molecular weight is 398 g/mol. The monoisotopic (exact) mass is 396 g/mol. The predicted molar refractivity (Wildman–Crippen MR) is 102 cm³/mol. The Morgan fingerprint density at radius 3 is 2.28 bits per heavy atom. The summed E-state index contributed by atoms with van der Waals surface area (Å²) >= 11 is 16.8. The predicted octanol–water partition coefficient (Wildman–Crippen LogP) is 4.60. The molecule has 0 aliphatic rings. The Morgan fingerprint density at radius 1 is 1.12 bits per heavy atom. The molecule has 0 spiro atoms. The van der Waals surface area contributed by atoms with Gasteiger partial charge in [-0.15, -0.1) is 10.2 Å². The van der Waals surface area contributed by atoms with Crippen LogP contribution in [0.5, 0.6) is 0 Å². The van der Waals surface area contributed by atoms with Crippen LogP contribution < -0.4 is 5.32 Å². The number of amides is 1. The van der Waals surface area contributed by atoms with E-state index < -0.39 is 9.70 Å². The highest BCUT2D eigenvalue weighted by atomic mass is 35.6. The third kappa shape index (κ3) is 3.89. The lowest BCUT2D eigenvalue weighted by atomic mass is 10.1. The van der Waals surface area contributed by atoms with Crippen molar-refractivity contribution in [1.82, 2.24) is 15.0 Å². The number of fused-ring (bicyclic) bond motifs is 1. The minimum atomic E-state index is -2.03. The molecule has 1 aromatic heterocycles. The minimum absolute atomic E-state index is 0.525. The molecule has 3 aromatic rings. The van der Waals surface area contributed by atoms with Crippen LogP contribution in [-0.2, 0) is 11.2 Å². The molecular weight excluding hydrogens is 383 g/mol. The van der Waals surface area contributed by atoms with Gasteiger partial charge in [0.05, 0.1) is 5.69 Å². The van der Waals surface area contributed by atoms with Crippen molar-refractivity contribution in [3.05, 3.63) is 47.5 Å². The van der Waals surface area contributed by atoms with Crippen molar-refractivity contribution in [2.75, 3.05) is 5.32 Å². The molecule has 1 amide bonds. The molecule has 1 heterocycles. The van der Waals surface area contributed by atoms with Crippen LogP contribution in [0.25, 0.3) is 16.7 Å². The number of hydrogen-bond acceptors (Lipinski definition) is 3. The van der Waals surface area contributed by atoms with Gasteiger partial charge in [0.1, 0.15) is 11.0 Å². The largest absolute Gasteiger partial charge is 0.322 e. The maximum absolute atomic E-state index is 11.9. The number of hydrogen-bond donors (Lipinski definition) is 1. The third-order valence-electron chi connectivity index (χ3n) is 3.81. The highest BCUT2D eigenvalue weighted by Crippen LogP contribution is 2.29. The molecule has 25 heavy (non-hydrogen) atoms. The number of aromatic nitrogens is 3. The lowest BCUT2D eigenvalue weighted by molar-refractivity contribution is -0.115. The normalized spacial score (nSPS) is 11.7. The molecule has 1 N–H and O–H groups in total. The molecule has 0 aliphatic carbocycles. The van der Waals surface area contributed by atoms with Gasteiger partial charge in [0.15, 0.2) is 0 Å². The summed E-state index contributed by atoms with van der Waals surface area (Å²) < 4.78 is -2.03. The summed E-state index contributed by atoms with van der Waals surface area (Å²) in [5.74, 6) is -0.720. The van der Waals surface area contributed by atoms with Gasteiger partial charge in [-0.2, -0.15) is 4.80 Å². The molecule has 8 heteroatoms. The van der Waals surface area contributed by atoms with Crippen molar-refractivity contribution in [2.45, 2.75) is 24.1 Å². The van der Waals surface area contributed by atoms with Crippen LogP contribution in [0.15, 0.2) is 36.4 Å². The number of benzene rings is 2.